The topological polar surface area (TPSA) is 151 Å². The predicted octanol–water partition coefficient (Wildman–Crippen LogP) is -7.64. The number of aliphatic carboxylic acids is 1. The molecule has 0 aromatic rings. The van der Waals surface area contributed by atoms with Gasteiger partial charge >= 0.3 is 103 Å². The predicted molar refractivity (Wildman–Crippen MR) is 88.4 cm³/mol. The Morgan fingerprint density at radius 1 is 1.25 bits per heavy atom. The van der Waals surface area contributed by atoms with Gasteiger partial charge in [0.25, 0.3) is 0 Å². The van der Waals surface area contributed by atoms with Gasteiger partial charge in [-0.3, -0.25) is 14.2 Å². The number of likely N-dealkylation sites (tertiary alicyclic amines) is 1. The smallest absolute Gasteiger partial charge is 0.766 e. The molecule has 0 bridgehead atoms. The Bertz CT molecular complexity index is 580. The summed E-state index contributed by atoms with van der Waals surface area (Å²) in [6.45, 7) is 4.90. The van der Waals surface area contributed by atoms with Gasteiger partial charge < -0.3 is 29.5 Å². The number of carboxylic acids is 1. The maximum atomic E-state index is 12.2. The van der Waals surface area contributed by atoms with Gasteiger partial charge in [0.1, 0.15) is 6.04 Å². The first kappa shape index (κ1) is 32.0. The number of carboxylic acid groups (broad SMARTS) is 1. The Morgan fingerprint density at radius 3 is 2.39 bits per heavy atom. The zero-order chi connectivity index (χ0) is 19.9. The molecule has 2 amide bonds. The molecule has 1 saturated heterocycles. The Balaban J connectivity index is 0. The van der Waals surface area contributed by atoms with Gasteiger partial charge in [0.05, 0.1) is 25.2 Å². The molecule has 0 spiro atoms. The second-order valence-electron chi connectivity index (χ2n) is 6.64. The van der Waals surface area contributed by atoms with Crippen LogP contribution in [0.4, 0.5) is 0 Å². The van der Waals surface area contributed by atoms with Crippen LogP contribution in [0, 0.1) is 5.92 Å². The fourth-order valence-corrected chi connectivity index (χ4v) is 3.19. The third kappa shape index (κ3) is 12.0. The van der Waals surface area contributed by atoms with Gasteiger partial charge in [-0.2, -0.15) is 0 Å². The van der Waals surface area contributed by atoms with Gasteiger partial charge in [-0.15, -0.1) is 0 Å². The molecule has 28 heavy (non-hydrogen) atoms. The third-order valence-electron chi connectivity index (χ3n) is 3.97. The Labute approximate surface area is 250 Å². The van der Waals surface area contributed by atoms with Crippen LogP contribution in [0.5, 0.6) is 0 Å². The monoisotopic (exact) mass is 469 g/mol. The fourth-order valence-electron chi connectivity index (χ4n) is 2.43. The Kier molecular flexibility index (Phi) is 17.8. The second kappa shape index (κ2) is 15.6. The minimum absolute atomic E-state index is 0. The molecule has 2 N–H and O–H groups in total. The first-order chi connectivity index (χ1) is 12.0. The summed E-state index contributed by atoms with van der Waals surface area (Å²) < 4.78 is 16.5. The van der Waals surface area contributed by atoms with Crippen molar-refractivity contribution in [2.24, 2.45) is 5.92 Å². The summed E-state index contributed by atoms with van der Waals surface area (Å²) in [6, 6.07) is -2.02. The normalized spacial score (nSPS) is 19.2. The number of hydrogen-bond acceptors (Lipinski definition) is 7. The second-order valence-corrected chi connectivity index (χ2v) is 8.21. The SMILES string of the molecule is CC(C)CCOP(=O)([O-])NCC(=O)N1CCCC1C(=O)NC(C)C(=O)[O-].[K+].[K+]. The van der Waals surface area contributed by atoms with Crippen LogP contribution < -0.4 is 123 Å². The van der Waals surface area contributed by atoms with Crippen molar-refractivity contribution >= 4 is 25.5 Å². The fraction of sp³-hybridized carbons (Fsp3) is 0.800. The molecule has 150 valence electrons. The van der Waals surface area contributed by atoms with Crippen molar-refractivity contribution in [2.75, 3.05) is 19.7 Å². The van der Waals surface area contributed by atoms with Gasteiger partial charge in [0.15, 0.2) is 0 Å². The van der Waals surface area contributed by atoms with Crippen LogP contribution in [0.2, 0.25) is 0 Å². The van der Waals surface area contributed by atoms with Gasteiger partial charge in [-0.05, 0) is 32.1 Å². The van der Waals surface area contributed by atoms with Crippen molar-refractivity contribution in [3.63, 3.8) is 0 Å². The molecule has 1 fully saturated rings. The summed E-state index contributed by atoms with van der Waals surface area (Å²) in [4.78, 5) is 48.1. The summed E-state index contributed by atoms with van der Waals surface area (Å²) in [5, 5.41) is 15.0. The van der Waals surface area contributed by atoms with Crippen molar-refractivity contribution in [1.29, 1.82) is 0 Å². The zero-order valence-electron chi connectivity index (χ0n) is 17.2. The molecule has 1 heterocycles. The van der Waals surface area contributed by atoms with Crippen molar-refractivity contribution in [2.45, 2.75) is 52.1 Å². The van der Waals surface area contributed by atoms with E-state index in [1.54, 1.807) is 0 Å². The van der Waals surface area contributed by atoms with Gasteiger partial charge in [-0.1, -0.05) is 13.8 Å². The van der Waals surface area contributed by atoms with E-state index in [9.17, 15) is 28.9 Å². The molecule has 13 heteroatoms. The largest absolute Gasteiger partial charge is 1.00 e. The summed E-state index contributed by atoms with van der Waals surface area (Å²) in [5.41, 5.74) is 0. The van der Waals surface area contributed by atoms with Crippen molar-refractivity contribution in [3.05, 3.63) is 0 Å². The number of nitrogens with zero attached hydrogens (tertiary/aromatic N) is 1. The molecule has 0 radical (unpaired) electrons. The van der Waals surface area contributed by atoms with Gasteiger partial charge in [0.2, 0.25) is 19.6 Å². The van der Waals surface area contributed by atoms with E-state index in [1.165, 1.54) is 11.8 Å². The van der Waals surface area contributed by atoms with E-state index in [2.05, 4.69) is 10.4 Å². The standard InChI is InChI=1S/C15H28N3O7P.2K/c1-10(2)6-8-25-26(23,24)16-9-13(19)18-7-4-5-12(18)14(20)17-11(3)15(21)22;;/h10-12H,4-9H2,1-3H3,(H,17,20)(H,21,22)(H2,16,23,24);;/q;2*+1/p-2. The van der Waals surface area contributed by atoms with Crippen LogP contribution in [-0.4, -0.2) is 54.5 Å². The average molecular weight is 470 g/mol. The maximum absolute atomic E-state index is 12.2. The number of carbonyl (C=O) groups is 3. The molecule has 0 aliphatic carbocycles. The van der Waals surface area contributed by atoms with E-state index >= 15 is 0 Å². The van der Waals surface area contributed by atoms with Crippen LogP contribution in [0.1, 0.15) is 40.0 Å². The summed E-state index contributed by atoms with van der Waals surface area (Å²) in [7, 11) is -4.36. The van der Waals surface area contributed by atoms with E-state index in [0.29, 0.717) is 19.3 Å². The minimum atomic E-state index is -4.36. The number of carbonyl (C=O) groups excluding carboxylic acids is 3. The molecule has 3 unspecified atom stereocenters. The van der Waals surface area contributed by atoms with E-state index in [-0.39, 0.29) is 122 Å². The average Bonchev–Trinajstić information content (AvgIpc) is 3.01. The molecule has 10 nitrogen and oxygen atoms in total. The van der Waals surface area contributed by atoms with E-state index in [4.69, 9.17) is 4.52 Å². The third-order valence-corrected chi connectivity index (χ3v) is 5.04. The van der Waals surface area contributed by atoms with Crippen molar-refractivity contribution in [1.82, 2.24) is 15.3 Å². The molecule has 1 aliphatic heterocycles. The quantitative estimate of drug-likeness (QED) is 0.237. The van der Waals surface area contributed by atoms with E-state index < -0.39 is 44.2 Å². The molecule has 0 aromatic heterocycles. The summed E-state index contributed by atoms with van der Waals surface area (Å²) in [6.07, 6.45) is 1.49. The van der Waals surface area contributed by atoms with E-state index in [0.717, 1.165) is 0 Å². The first-order valence-corrected chi connectivity index (χ1v) is 10.1. The van der Waals surface area contributed by atoms with Crippen LogP contribution in [-0.2, 0) is 23.5 Å². The van der Waals surface area contributed by atoms with Crippen LogP contribution in [0.3, 0.4) is 0 Å². The number of rotatable bonds is 10. The van der Waals surface area contributed by atoms with Gasteiger partial charge in [0, 0.05) is 6.54 Å². The summed E-state index contributed by atoms with van der Waals surface area (Å²) in [5.74, 6) is -2.33. The molecule has 1 rings (SSSR count). The Hall–Kier alpha value is 1.79. The maximum Gasteiger partial charge on any atom is 1.00 e. The van der Waals surface area contributed by atoms with Crippen LogP contribution in [0.25, 0.3) is 0 Å². The number of hydrogen-bond donors (Lipinski definition) is 2. The number of nitrogens with one attached hydrogen (secondary N) is 2. The molecular weight excluding hydrogens is 443 g/mol. The van der Waals surface area contributed by atoms with Crippen molar-refractivity contribution in [3.8, 4) is 0 Å². The molecule has 0 aromatic carbocycles. The molecular formula is C15H26K2N3O7P. The molecule has 0 saturated carbocycles. The minimum Gasteiger partial charge on any atom is -0.766 e. The molecule has 1 aliphatic rings. The zero-order valence-corrected chi connectivity index (χ0v) is 24.4. The first-order valence-electron chi connectivity index (χ1n) is 8.55. The van der Waals surface area contributed by atoms with Crippen LogP contribution in [0.15, 0.2) is 0 Å². The summed E-state index contributed by atoms with van der Waals surface area (Å²) >= 11 is 0. The van der Waals surface area contributed by atoms with Gasteiger partial charge in [-0.25, -0.2) is 5.09 Å². The number of amides is 2. The van der Waals surface area contributed by atoms with Crippen molar-refractivity contribution < 1.29 is 136 Å². The van der Waals surface area contributed by atoms with Crippen LogP contribution >= 0.6 is 7.75 Å². The van der Waals surface area contributed by atoms with E-state index in [1.807, 2.05) is 13.8 Å². The molecule has 3 atom stereocenters. The Morgan fingerprint density at radius 2 is 1.86 bits per heavy atom.